The lowest BCUT2D eigenvalue weighted by molar-refractivity contribution is -0.384. The summed E-state index contributed by atoms with van der Waals surface area (Å²) in [6.07, 6.45) is 3.59. The van der Waals surface area contributed by atoms with Gasteiger partial charge in [-0.3, -0.25) is 10.1 Å². The van der Waals surface area contributed by atoms with Gasteiger partial charge in [0.2, 0.25) is 0 Å². The zero-order chi connectivity index (χ0) is 33.4. The number of hydrogen-bond donors (Lipinski definition) is 1. The number of esters is 2. The average molecular weight is 638 g/mol. The topological polar surface area (TPSA) is 111 Å². The van der Waals surface area contributed by atoms with Crippen LogP contribution in [0.15, 0.2) is 107 Å². The molecule has 9 heteroatoms. The molecule has 0 amide bonds. The summed E-state index contributed by atoms with van der Waals surface area (Å²) >= 11 is 0. The lowest BCUT2D eigenvalue weighted by Crippen LogP contribution is -2.43. The number of likely N-dealkylation sites (tertiary alicyclic amines) is 1. The first-order chi connectivity index (χ1) is 22.8. The molecule has 3 aromatic rings. The first-order valence-corrected chi connectivity index (χ1v) is 16.4. The maximum atomic E-state index is 13.8. The van der Waals surface area contributed by atoms with E-state index in [-0.39, 0.29) is 28.9 Å². The molecular weight excluding hydrogens is 594 g/mol. The van der Waals surface area contributed by atoms with E-state index in [1.54, 1.807) is 12.1 Å². The zero-order valence-electron chi connectivity index (χ0n) is 27.4. The molecule has 1 atom stereocenters. The minimum absolute atomic E-state index is 0.0355. The van der Waals surface area contributed by atoms with Gasteiger partial charge in [-0.15, -0.1) is 0 Å². The maximum Gasteiger partial charge on any atom is 0.336 e. The second-order valence-corrected chi connectivity index (χ2v) is 12.0. The van der Waals surface area contributed by atoms with Crippen molar-refractivity contribution in [1.82, 2.24) is 10.2 Å². The summed E-state index contributed by atoms with van der Waals surface area (Å²) in [4.78, 5) is 40.5. The number of nitrogens with zero attached hydrogens (tertiary/aromatic N) is 2. The maximum absolute atomic E-state index is 13.8. The Labute approximate surface area is 276 Å². The molecule has 0 bridgehead atoms. The van der Waals surface area contributed by atoms with Crippen LogP contribution in [0.4, 0.5) is 5.69 Å². The Kier molecular flexibility index (Phi) is 10.9. The molecule has 1 saturated heterocycles. The predicted octanol–water partition coefficient (Wildman–Crippen LogP) is 6.80. The van der Waals surface area contributed by atoms with Gasteiger partial charge in [0.1, 0.15) is 0 Å². The third kappa shape index (κ3) is 7.15. The van der Waals surface area contributed by atoms with Crippen molar-refractivity contribution in [2.24, 2.45) is 0 Å². The molecule has 0 radical (unpaired) electrons. The van der Waals surface area contributed by atoms with Crippen molar-refractivity contribution in [1.29, 1.82) is 0 Å². The Morgan fingerprint density at radius 2 is 1.45 bits per heavy atom. The first kappa shape index (κ1) is 33.6. The van der Waals surface area contributed by atoms with Gasteiger partial charge in [-0.05, 0) is 61.9 Å². The van der Waals surface area contributed by atoms with Crippen LogP contribution in [-0.2, 0) is 24.5 Å². The van der Waals surface area contributed by atoms with E-state index in [1.807, 2.05) is 13.8 Å². The fourth-order valence-electron chi connectivity index (χ4n) is 7.06. The van der Waals surface area contributed by atoms with E-state index in [1.165, 1.54) is 30.4 Å². The molecule has 5 rings (SSSR count). The molecule has 3 aromatic carbocycles. The third-order valence-corrected chi connectivity index (χ3v) is 9.49. The quantitative estimate of drug-likeness (QED) is 0.1000. The summed E-state index contributed by atoms with van der Waals surface area (Å²) < 4.78 is 11.0. The molecule has 1 fully saturated rings. The molecule has 246 valence electrons. The Balaban J connectivity index is 1.29. The molecule has 2 aliphatic heterocycles. The number of nitro benzene ring substituents is 1. The van der Waals surface area contributed by atoms with Gasteiger partial charge in [-0.1, -0.05) is 86.6 Å². The van der Waals surface area contributed by atoms with Crippen LogP contribution in [0.2, 0.25) is 0 Å². The fourth-order valence-corrected chi connectivity index (χ4v) is 7.06. The van der Waals surface area contributed by atoms with Crippen LogP contribution in [-0.4, -0.2) is 55.1 Å². The molecule has 2 aliphatic rings. The average Bonchev–Trinajstić information content (AvgIpc) is 3.13. The molecule has 9 nitrogen and oxygen atoms in total. The van der Waals surface area contributed by atoms with Gasteiger partial charge in [0.15, 0.2) is 0 Å². The Morgan fingerprint density at radius 3 is 1.98 bits per heavy atom. The lowest BCUT2D eigenvalue weighted by Gasteiger charge is -2.43. The third-order valence-electron chi connectivity index (χ3n) is 9.49. The van der Waals surface area contributed by atoms with E-state index in [0.717, 1.165) is 32.5 Å². The number of rotatable bonds is 12. The summed E-state index contributed by atoms with van der Waals surface area (Å²) in [7, 11) is 1.29. The van der Waals surface area contributed by atoms with Crippen LogP contribution in [0.1, 0.15) is 68.6 Å². The number of nitrogens with one attached hydrogen (secondary N) is 1. The van der Waals surface area contributed by atoms with Gasteiger partial charge in [0, 0.05) is 35.5 Å². The number of methoxy groups -OCH3 is 1. The smallest absolute Gasteiger partial charge is 0.336 e. The van der Waals surface area contributed by atoms with Gasteiger partial charge in [0.25, 0.3) is 5.69 Å². The number of piperidine rings is 1. The van der Waals surface area contributed by atoms with E-state index >= 15 is 0 Å². The molecule has 1 N–H and O–H groups in total. The van der Waals surface area contributed by atoms with Gasteiger partial charge in [-0.25, -0.2) is 9.59 Å². The predicted molar refractivity (Wildman–Crippen MR) is 181 cm³/mol. The summed E-state index contributed by atoms with van der Waals surface area (Å²) in [5, 5.41) is 14.9. The molecular formula is C38H43N3O6. The minimum Gasteiger partial charge on any atom is -0.466 e. The van der Waals surface area contributed by atoms with Crippen molar-refractivity contribution in [2.45, 2.75) is 57.3 Å². The van der Waals surface area contributed by atoms with Gasteiger partial charge in [0.05, 0.1) is 35.7 Å². The number of dihydropyridines is 1. The van der Waals surface area contributed by atoms with Gasteiger partial charge in [-0.2, -0.15) is 0 Å². The van der Waals surface area contributed by atoms with Gasteiger partial charge < -0.3 is 19.7 Å². The summed E-state index contributed by atoms with van der Waals surface area (Å²) in [5.74, 6) is -2.01. The summed E-state index contributed by atoms with van der Waals surface area (Å²) in [5.41, 5.74) is 4.76. The molecule has 47 heavy (non-hydrogen) atoms. The minimum atomic E-state index is -0.868. The van der Waals surface area contributed by atoms with E-state index < -0.39 is 22.8 Å². The van der Waals surface area contributed by atoms with Crippen LogP contribution in [0.25, 0.3) is 0 Å². The highest BCUT2D eigenvalue weighted by Gasteiger charge is 2.40. The van der Waals surface area contributed by atoms with Crippen molar-refractivity contribution in [3.05, 3.63) is 134 Å². The Bertz CT molecular complexity index is 1600. The highest BCUT2D eigenvalue weighted by molar-refractivity contribution is 6.00. The van der Waals surface area contributed by atoms with Gasteiger partial charge >= 0.3 is 11.9 Å². The lowest BCUT2D eigenvalue weighted by atomic mass is 9.68. The Morgan fingerprint density at radius 1 is 0.872 bits per heavy atom. The zero-order valence-corrected chi connectivity index (χ0v) is 27.4. The summed E-state index contributed by atoms with van der Waals surface area (Å²) in [6, 6.07) is 27.5. The number of carbonyl (C=O) groups excluding carboxylic acids is 2. The molecule has 0 aliphatic carbocycles. The Hall–Kier alpha value is -4.76. The number of hydrogen-bond acceptors (Lipinski definition) is 8. The molecule has 0 aromatic heterocycles. The van der Waals surface area contributed by atoms with Crippen molar-refractivity contribution >= 4 is 17.6 Å². The largest absolute Gasteiger partial charge is 0.466 e. The highest BCUT2D eigenvalue weighted by Crippen LogP contribution is 2.43. The normalized spacial score (nSPS) is 18.0. The van der Waals surface area contributed by atoms with Crippen LogP contribution in [0, 0.1) is 10.1 Å². The van der Waals surface area contributed by atoms with E-state index in [9.17, 15) is 19.7 Å². The number of benzene rings is 3. The second kappa shape index (κ2) is 15.2. The standard InChI is InChI=1S/C38H43N3O6/c1-4-31-34(36(42)46-3)33(27-14-12-19-30(26-27)41(44)45)35(32(5-2)39-31)37(43)47-25-13-22-40-23-20-38(21-24-40,28-15-8-6-9-16-28)29-17-10-7-11-18-29/h6-12,14-19,26,33,39H,4-5,13,20-25H2,1-3H3. The van der Waals surface area contributed by atoms with Crippen LogP contribution >= 0.6 is 0 Å². The van der Waals surface area contributed by atoms with Crippen LogP contribution in [0.5, 0.6) is 0 Å². The fraction of sp³-hybridized carbons (Fsp3) is 0.368. The number of nitro groups is 1. The number of ether oxygens (including phenoxy) is 2. The van der Waals surface area contributed by atoms with E-state index in [0.29, 0.717) is 36.2 Å². The number of non-ortho nitro benzene ring substituents is 1. The summed E-state index contributed by atoms with van der Waals surface area (Å²) in [6.45, 7) is 6.66. The SMILES string of the molecule is CCC1=C(C(=O)OC)C(c2cccc([N+](=O)[O-])c2)C(C(=O)OCCCN2CCC(c3ccccc3)(c3ccccc3)CC2)=C(CC)N1. The molecule has 0 saturated carbocycles. The van der Waals surface area contributed by atoms with E-state index in [4.69, 9.17) is 9.47 Å². The molecule has 1 unspecified atom stereocenters. The highest BCUT2D eigenvalue weighted by atomic mass is 16.6. The monoisotopic (exact) mass is 637 g/mol. The van der Waals surface area contributed by atoms with Crippen molar-refractivity contribution in [3.8, 4) is 0 Å². The molecule has 0 spiro atoms. The molecule has 2 heterocycles. The van der Waals surface area contributed by atoms with Crippen LogP contribution < -0.4 is 5.32 Å². The van der Waals surface area contributed by atoms with Crippen molar-refractivity contribution in [3.63, 3.8) is 0 Å². The number of carbonyl (C=O) groups is 2. The van der Waals surface area contributed by atoms with E-state index in [2.05, 4.69) is 70.9 Å². The van der Waals surface area contributed by atoms with Crippen LogP contribution in [0.3, 0.4) is 0 Å². The van der Waals surface area contributed by atoms with Crippen molar-refractivity contribution in [2.75, 3.05) is 33.4 Å². The first-order valence-electron chi connectivity index (χ1n) is 16.4. The second-order valence-electron chi connectivity index (χ2n) is 12.0. The number of allylic oxidation sites excluding steroid dienone is 2. The van der Waals surface area contributed by atoms with Crippen molar-refractivity contribution < 1.29 is 24.0 Å².